The summed E-state index contributed by atoms with van der Waals surface area (Å²) in [7, 11) is 0. The Bertz CT molecular complexity index is 1240. The second-order valence-electron chi connectivity index (χ2n) is 6.92. The van der Waals surface area contributed by atoms with Crippen LogP contribution in [0.15, 0.2) is 54.6 Å². The molecule has 2 aliphatic rings. The van der Waals surface area contributed by atoms with E-state index in [0.29, 0.717) is 22.3 Å². The average Bonchev–Trinajstić information content (AvgIpc) is 3.03. The summed E-state index contributed by atoms with van der Waals surface area (Å²) in [5.74, 6) is -0.657. The Kier molecular flexibility index (Phi) is 4.14. The predicted octanol–water partition coefficient (Wildman–Crippen LogP) is 4.04. The average molecular weight is 515 g/mol. The number of benzene rings is 3. The number of rotatable bonds is 2. The molecule has 1 amide bonds. The first-order chi connectivity index (χ1) is 14.5. The van der Waals surface area contributed by atoms with Gasteiger partial charge in [0.1, 0.15) is 22.9 Å². The quantitative estimate of drug-likeness (QED) is 0.206. The fraction of sp³-hybridized carbons (Fsp3) is 0.0909. The van der Waals surface area contributed by atoms with Gasteiger partial charge in [-0.2, -0.15) is 0 Å². The molecule has 0 bridgehead atoms. The highest BCUT2D eigenvalue weighted by Crippen LogP contribution is 2.59. The fourth-order valence-corrected chi connectivity index (χ4v) is 4.20. The normalized spacial score (nSPS) is 18.1. The molecular formula is C22H14INO6. The highest BCUT2D eigenvalue weighted by atomic mass is 127. The minimum absolute atomic E-state index is 0.0389. The van der Waals surface area contributed by atoms with Gasteiger partial charge < -0.3 is 25.0 Å². The number of hydrogen-bond acceptors (Lipinski definition) is 6. The van der Waals surface area contributed by atoms with Crippen molar-refractivity contribution < 1.29 is 29.3 Å². The van der Waals surface area contributed by atoms with Crippen LogP contribution in [0.25, 0.3) is 0 Å². The Morgan fingerprint density at radius 3 is 2.60 bits per heavy atom. The molecule has 0 aliphatic carbocycles. The number of anilines is 1. The number of esters is 1. The van der Waals surface area contributed by atoms with E-state index in [9.17, 15) is 19.8 Å². The van der Waals surface area contributed by atoms with E-state index in [1.165, 1.54) is 18.2 Å². The lowest BCUT2D eigenvalue weighted by atomic mass is 9.77. The van der Waals surface area contributed by atoms with E-state index in [1.807, 2.05) is 22.6 Å². The van der Waals surface area contributed by atoms with Crippen LogP contribution >= 0.6 is 22.6 Å². The van der Waals surface area contributed by atoms with Gasteiger partial charge in [-0.05, 0) is 30.3 Å². The number of carbonyl (C=O) groups is 2. The number of phenolic OH excluding ortho intramolecular Hbond substituents is 2. The lowest BCUT2D eigenvalue weighted by molar-refractivity contribution is -0.113. The van der Waals surface area contributed by atoms with Gasteiger partial charge >= 0.3 is 5.97 Å². The molecule has 3 N–H and O–H groups in total. The molecule has 7 nitrogen and oxygen atoms in total. The van der Waals surface area contributed by atoms with Gasteiger partial charge in [-0.1, -0.05) is 40.8 Å². The van der Waals surface area contributed by atoms with Crippen LogP contribution in [0.4, 0.5) is 5.69 Å². The van der Waals surface area contributed by atoms with Crippen LogP contribution < -0.4 is 10.1 Å². The monoisotopic (exact) mass is 515 g/mol. The molecule has 0 unspecified atom stereocenters. The molecule has 0 saturated heterocycles. The lowest BCUT2D eigenvalue weighted by Crippen LogP contribution is -2.33. The Balaban J connectivity index is 1.86. The lowest BCUT2D eigenvalue weighted by Gasteiger charge is -2.37. The Morgan fingerprint density at radius 1 is 1.03 bits per heavy atom. The fourth-order valence-electron chi connectivity index (χ4n) is 4.01. The first kappa shape index (κ1) is 18.7. The van der Waals surface area contributed by atoms with Gasteiger partial charge in [0.05, 0.1) is 15.6 Å². The van der Waals surface area contributed by atoms with Gasteiger partial charge in [-0.3, -0.25) is 4.79 Å². The zero-order valence-corrected chi connectivity index (χ0v) is 17.5. The van der Waals surface area contributed by atoms with Crippen LogP contribution in [0.1, 0.15) is 27.0 Å². The minimum Gasteiger partial charge on any atom is -0.508 e. The topological polar surface area (TPSA) is 105 Å². The third-order valence-corrected chi connectivity index (χ3v) is 5.92. The van der Waals surface area contributed by atoms with E-state index in [-0.39, 0.29) is 39.0 Å². The highest BCUT2D eigenvalue weighted by molar-refractivity contribution is 14.1. The van der Waals surface area contributed by atoms with Gasteiger partial charge in [0, 0.05) is 17.2 Å². The number of ether oxygens (including phenoxy) is 2. The molecule has 1 atom stereocenters. The summed E-state index contributed by atoms with van der Waals surface area (Å²) in [6.45, 7) is 0. The van der Waals surface area contributed by atoms with Crippen molar-refractivity contribution >= 4 is 40.2 Å². The standard InChI is InChI=1S/C22H14INO6/c23-10-18(27)24-19-16(26)8-7-15-20(19)29-17-9-11(25)5-6-14(17)22(15)13-4-2-1-3-12(13)21(28)30-22/h1-9,25-26H,10H2,(H,24,27)/t22-/m0/s1. The molecule has 2 aliphatic heterocycles. The zero-order chi connectivity index (χ0) is 21.0. The van der Waals surface area contributed by atoms with Gasteiger partial charge in [0.25, 0.3) is 0 Å². The Hall–Kier alpha value is -3.27. The van der Waals surface area contributed by atoms with Gasteiger partial charge in [0.2, 0.25) is 5.91 Å². The number of halogens is 1. The number of fused-ring (bicyclic) bond motifs is 6. The summed E-state index contributed by atoms with van der Waals surface area (Å²) in [6.07, 6.45) is 0. The molecule has 3 aromatic rings. The van der Waals surface area contributed by atoms with E-state index in [1.54, 1.807) is 36.4 Å². The molecule has 0 fully saturated rings. The molecule has 150 valence electrons. The molecule has 0 aromatic heterocycles. The van der Waals surface area contributed by atoms with Crippen molar-refractivity contribution in [1.82, 2.24) is 0 Å². The molecule has 3 aromatic carbocycles. The van der Waals surface area contributed by atoms with Crippen LogP contribution in [-0.4, -0.2) is 26.5 Å². The van der Waals surface area contributed by atoms with Crippen molar-refractivity contribution in [3.8, 4) is 23.0 Å². The maximum Gasteiger partial charge on any atom is 0.340 e. The van der Waals surface area contributed by atoms with Crippen LogP contribution in [0.3, 0.4) is 0 Å². The van der Waals surface area contributed by atoms with E-state index in [0.717, 1.165) is 0 Å². The molecular weight excluding hydrogens is 501 g/mol. The molecule has 0 radical (unpaired) electrons. The molecule has 8 heteroatoms. The van der Waals surface area contributed by atoms with Crippen LogP contribution in [0, 0.1) is 0 Å². The maximum atomic E-state index is 12.8. The van der Waals surface area contributed by atoms with Crippen molar-refractivity contribution in [3.63, 3.8) is 0 Å². The van der Waals surface area contributed by atoms with Crippen molar-refractivity contribution in [1.29, 1.82) is 0 Å². The van der Waals surface area contributed by atoms with Crippen molar-refractivity contribution in [2.75, 3.05) is 9.74 Å². The highest BCUT2D eigenvalue weighted by Gasteiger charge is 2.54. The van der Waals surface area contributed by atoms with E-state index < -0.39 is 11.6 Å². The van der Waals surface area contributed by atoms with E-state index >= 15 is 0 Å². The largest absolute Gasteiger partial charge is 0.508 e. The summed E-state index contributed by atoms with van der Waals surface area (Å²) in [5.41, 5.74) is 0.743. The maximum absolute atomic E-state index is 12.8. The number of aromatic hydroxyl groups is 2. The van der Waals surface area contributed by atoms with Crippen LogP contribution in [0.5, 0.6) is 23.0 Å². The first-order valence-corrected chi connectivity index (χ1v) is 10.5. The van der Waals surface area contributed by atoms with Crippen LogP contribution in [-0.2, 0) is 15.1 Å². The molecule has 30 heavy (non-hydrogen) atoms. The van der Waals surface area contributed by atoms with E-state index in [4.69, 9.17) is 9.47 Å². The van der Waals surface area contributed by atoms with Gasteiger partial charge in [-0.25, -0.2) is 4.79 Å². The second-order valence-corrected chi connectivity index (χ2v) is 7.68. The van der Waals surface area contributed by atoms with Gasteiger partial charge in [0.15, 0.2) is 11.4 Å². The van der Waals surface area contributed by atoms with Crippen molar-refractivity contribution in [2.24, 2.45) is 0 Å². The number of amides is 1. The summed E-state index contributed by atoms with van der Waals surface area (Å²) >= 11 is 1.91. The second kappa shape index (κ2) is 6.63. The number of nitrogens with one attached hydrogen (secondary N) is 1. The summed E-state index contributed by atoms with van der Waals surface area (Å²) in [5, 5.41) is 23.1. The van der Waals surface area contributed by atoms with Crippen LogP contribution in [0.2, 0.25) is 0 Å². The predicted molar refractivity (Wildman–Crippen MR) is 116 cm³/mol. The molecule has 0 saturated carbocycles. The SMILES string of the molecule is O=C(CI)Nc1c(O)ccc2c1Oc1cc(O)ccc1[C@]21OC(=O)c2ccccc21. The Morgan fingerprint density at radius 2 is 1.80 bits per heavy atom. The third-order valence-electron chi connectivity index (χ3n) is 5.23. The summed E-state index contributed by atoms with van der Waals surface area (Å²) in [6, 6.07) is 14.6. The molecule has 2 heterocycles. The summed E-state index contributed by atoms with van der Waals surface area (Å²) in [4.78, 5) is 24.8. The van der Waals surface area contributed by atoms with Gasteiger partial charge in [-0.15, -0.1) is 0 Å². The third kappa shape index (κ3) is 2.49. The number of carbonyl (C=O) groups excluding carboxylic acids is 2. The number of hydrogen-bond donors (Lipinski definition) is 3. The van der Waals surface area contributed by atoms with Crippen molar-refractivity contribution in [3.05, 3.63) is 76.9 Å². The number of alkyl halides is 1. The number of phenols is 2. The zero-order valence-electron chi connectivity index (χ0n) is 15.3. The Labute approximate surface area is 184 Å². The first-order valence-electron chi connectivity index (χ1n) is 9.02. The summed E-state index contributed by atoms with van der Waals surface area (Å²) < 4.78 is 12.2. The van der Waals surface area contributed by atoms with Crippen molar-refractivity contribution in [2.45, 2.75) is 5.60 Å². The van der Waals surface area contributed by atoms with E-state index in [2.05, 4.69) is 5.32 Å². The molecule has 5 rings (SSSR count). The smallest absolute Gasteiger partial charge is 0.340 e. The minimum atomic E-state index is -1.35. The molecule has 1 spiro atoms.